The fourth-order valence-electron chi connectivity index (χ4n) is 3.14. The average molecular weight is 537 g/mol. The number of nitrogens with one attached hydrogen (secondary N) is 4. The van der Waals surface area contributed by atoms with Gasteiger partial charge in [-0.3, -0.25) is 9.59 Å². The van der Waals surface area contributed by atoms with E-state index in [-0.39, 0.29) is 36.8 Å². The molecule has 37 heavy (non-hydrogen) atoms. The second-order valence-electron chi connectivity index (χ2n) is 8.56. The van der Waals surface area contributed by atoms with Crippen molar-refractivity contribution in [3.05, 3.63) is 0 Å². The van der Waals surface area contributed by atoms with Gasteiger partial charge in [0.1, 0.15) is 6.04 Å². The van der Waals surface area contributed by atoms with Gasteiger partial charge in [0.05, 0.1) is 59.5 Å². The van der Waals surface area contributed by atoms with E-state index in [4.69, 9.17) is 30.6 Å². The quantitative estimate of drug-likeness (QED) is 0.0598. The fraction of sp³-hybridized carbons (Fsp3) is 0.870. The number of hydrogen-bond donors (Lipinski definition) is 6. The molecular formula is C23H48N6O8. The fourth-order valence-corrected chi connectivity index (χ4v) is 3.14. The zero-order chi connectivity index (χ0) is 27.7. The van der Waals surface area contributed by atoms with Crippen molar-refractivity contribution in [3.63, 3.8) is 0 Å². The average Bonchev–Trinajstić information content (AvgIpc) is 2.85. The van der Waals surface area contributed by atoms with Crippen LogP contribution >= 0.6 is 0 Å². The van der Waals surface area contributed by atoms with E-state index in [1.807, 2.05) is 13.8 Å². The minimum Gasteiger partial charge on any atom is -0.379 e. The number of hydrogen-bond acceptors (Lipinski definition) is 10. The maximum Gasteiger partial charge on any atom is 0.312 e. The summed E-state index contributed by atoms with van der Waals surface area (Å²) in [6, 6.07) is -1.39. The highest BCUT2D eigenvalue weighted by Gasteiger charge is 2.25. The molecule has 0 aliphatic heterocycles. The molecule has 8 N–H and O–H groups in total. The number of urea groups is 1. The van der Waals surface area contributed by atoms with Crippen LogP contribution in [0.2, 0.25) is 0 Å². The van der Waals surface area contributed by atoms with Gasteiger partial charge < -0.3 is 50.8 Å². The van der Waals surface area contributed by atoms with Crippen molar-refractivity contribution in [2.24, 2.45) is 17.5 Å². The van der Waals surface area contributed by atoms with Gasteiger partial charge in [0.15, 0.2) is 0 Å². The second-order valence-corrected chi connectivity index (χ2v) is 8.56. The van der Waals surface area contributed by atoms with Gasteiger partial charge in [-0.15, -0.1) is 0 Å². The minimum atomic E-state index is -0.668. The summed E-state index contributed by atoms with van der Waals surface area (Å²) in [7, 11) is 1.79. The lowest BCUT2D eigenvalue weighted by Crippen LogP contribution is -2.53. The van der Waals surface area contributed by atoms with Crippen LogP contribution < -0.4 is 32.9 Å². The van der Waals surface area contributed by atoms with Crippen molar-refractivity contribution < 1.29 is 38.2 Å². The van der Waals surface area contributed by atoms with E-state index >= 15 is 0 Å². The first-order valence-electron chi connectivity index (χ1n) is 12.7. The maximum atomic E-state index is 12.8. The highest BCUT2D eigenvalue weighted by Crippen LogP contribution is 2.05. The molecule has 0 spiro atoms. The number of carbonyl (C=O) groups is 3. The Morgan fingerprint density at radius 1 is 0.811 bits per heavy atom. The molecule has 0 unspecified atom stereocenters. The van der Waals surface area contributed by atoms with Gasteiger partial charge in [-0.1, -0.05) is 13.8 Å². The van der Waals surface area contributed by atoms with Crippen LogP contribution in [0.5, 0.6) is 0 Å². The third kappa shape index (κ3) is 21.7. The topological polar surface area (TPSA) is 198 Å². The van der Waals surface area contributed by atoms with Crippen LogP contribution in [0.4, 0.5) is 4.79 Å². The molecule has 0 aromatic rings. The summed E-state index contributed by atoms with van der Waals surface area (Å²) in [4.78, 5) is 40.4. The van der Waals surface area contributed by atoms with E-state index in [0.717, 1.165) is 0 Å². The lowest BCUT2D eigenvalue weighted by Gasteiger charge is -2.25. The van der Waals surface area contributed by atoms with Crippen LogP contribution in [0.1, 0.15) is 33.1 Å². The summed E-state index contributed by atoms with van der Waals surface area (Å²) >= 11 is 0. The number of carbonyl (C=O) groups excluding carboxylic acids is 3. The van der Waals surface area contributed by atoms with Gasteiger partial charge in [-0.25, -0.2) is 10.7 Å². The number of ether oxygens (including phenoxy) is 4. The van der Waals surface area contributed by atoms with Crippen LogP contribution in [0.3, 0.4) is 0 Å². The molecule has 14 nitrogen and oxygen atoms in total. The van der Waals surface area contributed by atoms with E-state index in [0.29, 0.717) is 78.8 Å². The Balaban J connectivity index is 4.04. The zero-order valence-corrected chi connectivity index (χ0v) is 22.6. The Morgan fingerprint density at radius 3 is 1.84 bits per heavy atom. The van der Waals surface area contributed by atoms with E-state index in [9.17, 15) is 14.4 Å². The predicted molar refractivity (Wildman–Crippen MR) is 137 cm³/mol. The Morgan fingerprint density at radius 2 is 1.35 bits per heavy atom. The van der Waals surface area contributed by atoms with Crippen molar-refractivity contribution in [2.75, 3.05) is 79.6 Å². The summed E-state index contributed by atoms with van der Waals surface area (Å²) in [6.45, 7) is 8.23. The molecular weight excluding hydrogens is 488 g/mol. The Bertz CT molecular complexity index is 600. The van der Waals surface area contributed by atoms with E-state index in [1.165, 1.54) is 0 Å². The molecule has 2 atom stereocenters. The van der Waals surface area contributed by atoms with Crippen LogP contribution in [-0.2, 0) is 33.4 Å². The van der Waals surface area contributed by atoms with E-state index < -0.39 is 12.1 Å². The highest BCUT2D eigenvalue weighted by molar-refractivity contribution is 5.88. The van der Waals surface area contributed by atoms with Crippen LogP contribution in [0.25, 0.3) is 0 Å². The van der Waals surface area contributed by atoms with Gasteiger partial charge in [0.2, 0.25) is 11.8 Å². The first kappa shape index (κ1) is 34.9. The molecule has 0 aromatic heterocycles. The molecule has 0 fully saturated rings. The molecule has 4 amide bonds. The van der Waals surface area contributed by atoms with Gasteiger partial charge in [-0.05, 0) is 25.8 Å². The minimum absolute atomic E-state index is 0.0984. The Hall–Kier alpha value is -2.07. The maximum absolute atomic E-state index is 12.8. The largest absolute Gasteiger partial charge is 0.379 e. The molecule has 0 saturated heterocycles. The highest BCUT2D eigenvalue weighted by atomic mass is 16.6. The molecule has 0 bridgehead atoms. The van der Waals surface area contributed by atoms with Crippen molar-refractivity contribution in [1.82, 2.24) is 21.3 Å². The van der Waals surface area contributed by atoms with Crippen LogP contribution in [-0.4, -0.2) is 110 Å². The lowest BCUT2D eigenvalue weighted by molar-refractivity contribution is -0.131. The van der Waals surface area contributed by atoms with Crippen LogP contribution in [0, 0.1) is 5.92 Å². The van der Waals surface area contributed by atoms with Gasteiger partial charge in [-0.2, -0.15) is 0 Å². The van der Waals surface area contributed by atoms with Crippen molar-refractivity contribution in [2.45, 2.75) is 45.2 Å². The Kier molecular flexibility index (Phi) is 22.9. The predicted octanol–water partition coefficient (Wildman–Crippen LogP) is -1.37. The van der Waals surface area contributed by atoms with Gasteiger partial charge in [0.25, 0.3) is 0 Å². The SMILES string of the molecule is CNC[C@H](CCCNC(N)=O)NC(=O)[C@@H](NC(=O)CCOCCOCCOCCOCCON)C(C)C. The second kappa shape index (κ2) is 24.3. The molecule has 14 heteroatoms. The van der Waals surface area contributed by atoms with E-state index in [1.54, 1.807) is 7.05 Å². The third-order valence-corrected chi connectivity index (χ3v) is 5.03. The standard InChI is InChI=1S/C23H48N6O8/c1-18(2)21(22(31)28-19(17-26-3)5-4-7-27-23(24)32)29-20(30)6-8-33-9-10-34-11-12-35-13-14-36-15-16-37-25/h18-19,21,26H,4-17,25H2,1-3H3,(H,28,31)(H,29,30)(H3,24,27,32)/t19-,21-/m0/s1. The van der Waals surface area contributed by atoms with Crippen molar-refractivity contribution >= 4 is 17.8 Å². The summed E-state index contributed by atoms with van der Waals surface area (Å²) in [6.07, 6.45) is 1.43. The molecule has 0 aromatic carbocycles. The molecule has 0 heterocycles. The smallest absolute Gasteiger partial charge is 0.312 e. The third-order valence-electron chi connectivity index (χ3n) is 5.03. The first-order chi connectivity index (χ1) is 17.8. The van der Waals surface area contributed by atoms with E-state index in [2.05, 4.69) is 26.1 Å². The first-order valence-corrected chi connectivity index (χ1v) is 12.7. The van der Waals surface area contributed by atoms with Crippen molar-refractivity contribution in [1.29, 1.82) is 0 Å². The number of likely N-dealkylation sites (N-methyl/N-ethyl adjacent to an activating group) is 1. The summed E-state index contributed by atoms with van der Waals surface area (Å²) < 4.78 is 21.4. The summed E-state index contributed by atoms with van der Waals surface area (Å²) in [5.41, 5.74) is 5.07. The number of amides is 4. The molecule has 0 aliphatic rings. The van der Waals surface area contributed by atoms with Crippen molar-refractivity contribution in [3.8, 4) is 0 Å². The van der Waals surface area contributed by atoms with Gasteiger partial charge >= 0.3 is 6.03 Å². The number of rotatable bonds is 25. The number of nitrogens with two attached hydrogens (primary N) is 2. The normalized spacial score (nSPS) is 12.8. The molecule has 0 rings (SSSR count). The molecule has 218 valence electrons. The lowest BCUT2D eigenvalue weighted by atomic mass is 10.0. The molecule has 0 radical (unpaired) electrons. The summed E-state index contributed by atoms with van der Waals surface area (Å²) in [5.74, 6) is 4.27. The molecule has 0 aliphatic carbocycles. The number of primary amides is 1. The zero-order valence-electron chi connectivity index (χ0n) is 22.6. The molecule has 0 saturated carbocycles. The van der Waals surface area contributed by atoms with Gasteiger partial charge in [0, 0.05) is 25.6 Å². The monoisotopic (exact) mass is 536 g/mol. The van der Waals surface area contributed by atoms with Crippen LogP contribution in [0.15, 0.2) is 0 Å². The summed E-state index contributed by atoms with van der Waals surface area (Å²) in [5, 5.41) is 11.3. The Labute approximate surface area is 220 Å².